The minimum Gasteiger partial charge on any atom is -0.598 e. The summed E-state index contributed by atoms with van der Waals surface area (Å²) >= 11 is -2.91. The maximum absolute atomic E-state index is 9.47. The maximum Gasteiger partial charge on any atom is 0.276 e. The van der Waals surface area contributed by atoms with Crippen molar-refractivity contribution in [2.24, 2.45) is 0 Å². The first-order valence-corrected chi connectivity index (χ1v) is 6.82. The van der Waals surface area contributed by atoms with E-state index in [1.807, 2.05) is 0 Å². The fourth-order valence-electron chi connectivity index (χ4n) is 0.211. The minimum atomic E-state index is -3.37. The summed E-state index contributed by atoms with van der Waals surface area (Å²) in [4.78, 5) is 49.9. The predicted molar refractivity (Wildman–Crippen MR) is 51.2 cm³/mol. The summed E-state index contributed by atoms with van der Waals surface area (Å²) in [7, 11) is -3.37. The van der Waals surface area contributed by atoms with Crippen molar-refractivity contribution in [2.45, 2.75) is 0 Å². The molecule has 0 amide bonds. The molecule has 11 nitrogen and oxygen atoms in total. The molecule has 0 spiro atoms. The average molecular weight is 313 g/mol. The SMILES string of the molecule is O=[C](O)[Al+][C](=O)O.O=[C](O)[Al+][C](=O)O.O=[P+]([O-])[O-]. The predicted octanol–water partition coefficient (Wildman–Crippen LogP) is -1.54. The molecule has 0 atom stereocenters. The van der Waals surface area contributed by atoms with Gasteiger partial charge in [-0.3, -0.25) is 0 Å². The second kappa shape index (κ2) is 14.0. The molecular weight excluding hydrogens is 309 g/mol. The van der Waals surface area contributed by atoms with E-state index in [9.17, 15) is 19.2 Å². The Morgan fingerprint density at radius 1 is 0.722 bits per heavy atom. The van der Waals surface area contributed by atoms with Gasteiger partial charge in [-0.15, -0.1) is 0 Å². The number of carboxylic acid groups (broad SMARTS) is 4. The Morgan fingerprint density at radius 3 is 0.833 bits per heavy atom. The largest absolute Gasteiger partial charge is 0.598 e. The Kier molecular flexibility index (Phi) is 17.3. The summed E-state index contributed by atoms with van der Waals surface area (Å²) in [5.41, 5.74) is 0. The van der Waals surface area contributed by atoms with Gasteiger partial charge in [0.2, 0.25) is 0 Å². The van der Waals surface area contributed by atoms with E-state index in [1.165, 1.54) is 0 Å². The van der Waals surface area contributed by atoms with Crippen molar-refractivity contribution >= 4 is 58.0 Å². The van der Waals surface area contributed by atoms with Crippen molar-refractivity contribution in [3.63, 3.8) is 0 Å². The summed E-state index contributed by atoms with van der Waals surface area (Å²) in [5.74, 6) is 0. The molecule has 0 aliphatic carbocycles. The van der Waals surface area contributed by atoms with Crippen LogP contribution in [0.15, 0.2) is 0 Å². The topological polar surface area (TPSA) is 212 Å². The Morgan fingerprint density at radius 2 is 0.833 bits per heavy atom. The van der Waals surface area contributed by atoms with Gasteiger partial charge in [-0.25, -0.2) is 0 Å². The third kappa shape index (κ3) is 60.2. The summed E-state index contributed by atoms with van der Waals surface area (Å²) in [6, 6.07) is 0. The Bertz CT molecular complexity index is 273. The molecule has 0 aromatic heterocycles. The van der Waals surface area contributed by atoms with Gasteiger partial charge in [0.1, 0.15) is 0 Å². The van der Waals surface area contributed by atoms with Crippen LogP contribution in [-0.2, 0) is 4.57 Å². The van der Waals surface area contributed by atoms with Crippen LogP contribution in [0, 0.1) is 0 Å². The minimum absolute atomic E-state index is 1.23. The molecule has 0 heterocycles. The van der Waals surface area contributed by atoms with E-state index >= 15 is 0 Å². The van der Waals surface area contributed by atoms with Gasteiger partial charge >= 0.3 is 89.4 Å². The van der Waals surface area contributed by atoms with Crippen molar-refractivity contribution in [3.8, 4) is 0 Å². The van der Waals surface area contributed by atoms with Crippen molar-refractivity contribution < 1.29 is 54.0 Å². The Hall–Kier alpha value is -1.04. The van der Waals surface area contributed by atoms with E-state index < -0.39 is 58.0 Å². The monoisotopic (exact) mass is 313 g/mol. The van der Waals surface area contributed by atoms with E-state index in [2.05, 4.69) is 0 Å². The smallest absolute Gasteiger partial charge is 0.276 e. The molecule has 0 saturated heterocycles. The van der Waals surface area contributed by atoms with E-state index in [-0.39, 0.29) is 0 Å². The first-order valence-electron chi connectivity index (χ1n) is 3.41. The third-order valence-electron chi connectivity index (χ3n) is 0.494. The molecule has 0 bridgehead atoms. The van der Waals surface area contributed by atoms with Gasteiger partial charge in [-0.2, -0.15) is 0 Å². The van der Waals surface area contributed by atoms with Gasteiger partial charge in [-0.1, -0.05) is 4.57 Å². The fraction of sp³-hybridized carbons (Fsp3) is 0. The van der Waals surface area contributed by atoms with Gasteiger partial charge in [0.05, 0.1) is 0 Å². The molecular formula is C4H4Al2O11P+. The third-order valence-corrected chi connectivity index (χ3v) is 1.48. The first kappa shape index (κ1) is 22.2. The van der Waals surface area contributed by atoms with Crippen molar-refractivity contribution in [1.82, 2.24) is 0 Å². The zero-order chi connectivity index (χ0) is 15.3. The van der Waals surface area contributed by atoms with Crippen LogP contribution in [0.4, 0.5) is 19.2 Å². The zero-order valence-corrected chi connectivity index (χ0v) is 11.5. The molecule has 4 N–H and O–H groups in total. The zero-order valence-electron chi connectivity index (χ0n) is 8.25. The van der Waals surface area contributed by atoms with Crippen LogP contribution in [0.5, 0.6) is 0 Å². The number of hydrogen-bond donors (Lipinski definition) is 4. The maximum atomic E-state index is 9.47. The van der Waals surface area contributed by atoms with E-state index in [4.69, 9.17) is 34.8 Å². The van der Waals surface area contributed by atoms with E-state index in [0.717, 1.165) is 0 Å². The molecule has 0 fully saturated rings. The standard InChI is InChI=1S/4CHO2.2Al.HO3P/c4*2-1-3;;;1-4(2)3/h4*(H,2,3);;;(H,1,2,3)/q;;;;2*+1;/p-1. The van der Waals surface area contributed by atoms with Crippen LogP contribution < -0.4 is 9.79 Å². The second-order valence-electron chi connectivity index (χ2n) is 1.87. The van der Waals surface area contributed by atoms with Crippen LogP contribution in [0.3, 0.4) is 0 Å². The van der Waals surface area contributed by atoms with Crippen LogP contribution in [0.2, 0.25) is 0 Å². The van der Waals surface area contributed by atoms with E-state index in [1.54, 1.807) is 0 Å². The number of hydrogen-bond acceptors (Lipinski definition) is 7. The van der Waals surface area contributed by atoms with Gasteiger partial charge < -0.3 is 9.79 Å². The summed E-state index contributed by atoms with van der Waals surface area (Å²) in [6.45, 7) is 0. The van der Waals surface area contributed by atoms with Crippen molar-refractivity contribution in [2.75, 3.05) is 0 Å². The van der Waals surface area contributed by atoms with Crippen LogP contribution in [-0.4, -0.2) is 70.2 Å². The van der Waals surface area contributed by atoms with Gasteiger partial charge in [0.15, 0.2) is 0 Å². The molecule has 0 aromatic rings. The molecule has 0 aliphatic heterocycles. The van der Waals surface area contributed by atoms with Gasteiger partial charge in [0.25, 0.3) is 8.25 Å². The van der Waals surface area contributed by atoms with E-state index in [0.29, 0.717) is 0 Å². The molecule has 18 heavy (non-hydrogen) atoms. The molecule has 0 rings (SSSR count). The van der Waals surface area contributed by atoms with Crippen LogP contribution in [0.25, 0.3) is 0 Å². The number of carbonyl (C=O) groups is 4. The fourth-order valence-corrected chi connectivity index (χ4v) is 0.634. The quantitative estimate of drug-likeness (QED) is 0.344. The molecule has 96 valence electrons. The molecule has 14 heteroatoms. The summed E-state index contributed by atoms with van der Waals surface area (Å²) in [6.07, 6.45) is 0. The molecule has 0 radical (unpaired) electrons. The summed E-state index contributed by atoms with van der Waals surface area (Å²) < 4.78 is 8.48. The molecule has 0 saturated carbocycles. The van der Waals surface area contributed by atoms with Gasteiger partial charge in [-0.05, 0) is 0 Å². The van der Waals surface area contributed by atoms with Crippen LogP contribution in [0.1, 0.15) is 0 Å². The molecule has 0 unspecified atom stereocenters. The first-order chi connectivity index (χ1) is 7.98. The second-order valence-corrected chi connectivity index (χ2v) is 4.87. The average Bonchev–Trinajstić information content (AvgIpc) is 1.96. The summed E-state index contributed by atoms with van der Waals surface area (Å²) in [5, 5.41) is 31.0. The normalized spacial score (nSPS) is 6.78. The van der Waals surface area contributed by atoms with Crippen molar-refractivity contribution in [1.29, 1.82) is 0 Å². The Labute approximate surface area is 112 Å². The number of rotatable bonds is 4. The van der Waals surface area contributed by atoms with Crippen LogP contribution >= 0.6 is 8.25 Å². The van der Waals surface area contributed by atoms with Crippen molar-refractivity contribution in [3.05, 3.63) is 0 Å². The molecule has 0 aliphatic rings. The molecule has 0 aromatic carbocycles. The Balaban J connectivity index is -0.000000196. The van der Waals surface area contributed by atoms with Gasteiger partial charge in [0, 0.05) is 0 Å².